The Morgan fingerprint density at radius 2 is 2.00 bits per heavy atom. The second-order valence-corrected chi connectivity index (χ2v) is 4.59. The lowest BCUT2D eigenvalue weighted by atomic mass is 10.0. The molecule has 1 aliphatic rings. The van der Waals surface area contributed by atoms with Gasteiger partial charge in [0.05, 0.1) is 19.6 Å². The smallest absolute Gasteiger partial charge is 0.309 e. The van der Waals surface area contributed by atoms with Gasteiger partial charge in [-0.2, -0.15) is 0 Å². The lowest BCUT2D eigenvalue weighted by Crippen LogP contribution is -2.12. The SMILES string of the molecule is COc1ccc(C2CC2(C)C(=O)O)cc1OC. The number of rotatable bonds is 4. The number of methoxy groups -OCH3 is 2. The van der Waals surface area contributed by atoms with Crippen LogP contribution in [0.5, 0.6) is 11.5 Å². The van der Waals surface area contributed by atoms with E-state index in [1.165, 1.54) is 0 Å². The van der Waals surface area contributed by atoms with Crippen molar-refractivity contribution in [1.82, 2.24) is 0 Å². The van der Waals surface area contributed by atoms with Crippen molar-refractivity contribution in [1.29, 1.82) is 0 Å². The standard InChI is InChI=1S/C13H16O4/c1-13(12(14)15)7-9(13)8-4-5-10(16-2)11(6-8)17-3/h4-6,9H,7H2,1-3H3,(H,14,15). The molecule has 0 aromatic heterocycles. The van der Waals surface area contributed by atoms with Crippen molar-refractivity contribution in [3.63, 3.8) is 0 Å². The molecule has 2 unspecified atom stereocenters. The fourth-order valence-corrected chi connectivity index (χ4v) is 2.16. The molecule has 1 N–H and O–H groups in total. The van der Waals surface area contributed by atoms with E-state index in [0.29, 0.717) is 17.9 Å². The molecule has 92 valence electrons. The number of aliphatic carboxylic acids is 1. The molecular formula is C13H16O4. The summed E-state index contributed by atoms with van der Waals surface area (Å²) in [5, 5.41) is 9.12. The highest BCUT2D eigenvalue weighted by atomic mass is 16.5. The van der Waals surface area contributed by atoms with Crippen LogP contribution < -0.4 is 9.47 Å². The maximum atomic E-state index is 11.1. The summed E-state index contributed by atoms with van der Waals surface area (Å²) in [7, 11) is 3.15. The topological polar surface area (TPSA) is 55.8 Å². The third kappa shape index (κ3) is 1.84. The largest absolute Gasteiger partial charge is 0.493 e. The minimum atomic E-state index is -0.739. The number of hydrogen-bond donors (Lipinski definition) is 1. The zero-order chi connectivity index (χ0) is 12.6. The van der Waals surface area contributed by atoms with Gasteiger partial charge < -0.3 is 14.6 Å². The Hall–Kier alpha value is -1.71. The molecule has 2 atom stereocenters. The fraction of sp³-hybridized carbons (Fsp3) is 0.462. The van der Waals surface area contributed by atoms with Crippen LogP contribution >= 0.6 is 0 Å². The average Bonchev–Trinajstić information content (AvgIpc) is 3.02. The highest BCUT2D eigenvalue weighted by Crippen LogP contribution is 2.59. The minimum Gasteiger partial charge on any atom is -0.493 e. The zero-order valence-corrected chi connectivity index (χ0v) is 10.2. The summed E-state index contributed by atoms with van der Waals surface area (Å²) in [6.07, 6.45) is 0.678. The van der Waals surface area contributed by atoms with E-state index in [9.17, 15) is 4.79 Å². The van der Waals surface area contributed by atoms with Gasteiger partial charge in [0.2, 0.25) is 0 Å². The number of carboxylic acids is 1. The van der Waals surface area contributed by atoms with Crippen molar-refractivity contribution in [2.75, 3.05) is 14.2 Å². The van der Waals surface area contributed by atoms with E-state index in [-0.39, 0.29) is 5.92 Å². The summed E-state index contributed by atoms with van der Waals surface area (Å²) >= 11 is 0. The Morgan fingerprint density at radius 3 is 2.47 bits per heavy atom. The first-order chi connectivity index (χ1) is 8.02. The van der Waals surface area contributed by atoms with E-state index >= 15 is 0 Å². The van der Waals surface area contributed by atoms with Crippen LogP contribution in [0.1, 0.15) is 24.8 Å². The van der Waals surface area contributed by atoms with Gasteiger partial charge in [0.1, 0.15) is 0 Å². The minimum absolute atomic E-state index is 0.0693. The van der Waals surface area contributed by atoms with Crippen LogP contribution in [-0.4, -0.2) is 25.3 Å². The van der Waals surface area contributed by atoms with E-state index in [0.717, 1.165) is 5.56 Å². The summed E-state index contributed by atoms with van der Waals surface area (Å²) in [6, 6.07) is 5.58. The first kappa shape index (κ1) is 11.8. The van der Waals surface area contributed by atoms with Gasteiger partial charge in [-0.15, -0.1) is 0 Å². The molecule has 0 spiro atoms. The fourth-order valence-electron chi connectivity index (χ4n) is 2.16. The van der Waals surface area contributed by atoms with Gasteiger partial charge in [-0.25, -0.2) is 0 Å². The first-order valence-corrected chi connectivity index (χ1v) is 5.48. The summed E-state index contributed by atoms with van der Waals surface area (Å²) < 4.78 is 10.4. The maximum Gasteiger partial charge on any atom is 0.309 e. The molecule has 1 aliphatic carbocycles. The van der Waals surface area contributed by atoms with E-state index in [1.807, 2.05) is 18.2 Å². The Balaban J connectivity index is 2.28. The Labute approximate surface area is 100 Å². The van der Waals surface area contributed by atoms with Crippen LogP contribution in [0.25, 0.3) is 0 Å². The average molecular weight is 236 g/mol. The molecular weight excluding hydrogens is 220 g/mol. The van der Waals surface area contributed by atoms with Gasteiger partial charge in [0, 0.05) is 5.92 Å². The molecule has 1 aromatic rings. The molecule has 1 fully saturated rings. The molecule has 0 heterocycles. The van der Waals surface area contributed by atoms with E-state index in [1.54, 1.807) is 21.1 Å². The van der Waals surface area contributed by atoms with Gasteiger partial charge in [-0.3, -0.25) is 4.79 Å². The van der Waals surface area contributed by atoms with Gasteiger partial charge >= 0.3 is 5.97 Å². The first-order valence-electron chi connectivity index (χ1n) is 5.48. The van der Waals surface area contributed by atoms with Crippen LogP contribution in [0.4, 0.5) is 0 Å². The van der Waals surface area contributed by atoms with Crippen molar-refractivity contribution < 1.29 is 19.4 Å². The lowest BCUT2D eigenvalue weighted by Gasteiger charge is -2.10. The molecule has 4 nitrogen and oxygen atoms in total. The molecule has 1 saturated carbocycles. The second kappa shape index (κ2) is 3.95. The van der Waals surface area contributed by atoms with Crippen molar-refractivity contribution in [2.24, 2.45) is 5.41 Å². The monoisotopic (exact) mass is 236 g/mol. The van der Waals surface area contributed by atoms with E-state index in [2.05, 4.69) is 0 Å². The molecule has 17 heavy (non-hydrogen) atoms. The van der Waals surface area contributed by atoms with Crippen molar-refractivity contribution in [3.8, 4) is 11.5 Å². The molecule has 0 aliphatic heterocycles. The molecule has 1 aromatic carbocycles. The number of carbonyl (C=O) groups is 1. The van der Waals surface area contributed by atoms with E-state index in [4.69, 9.17) is 14.6 Å². The normalized spacial score (nSPS) is 26.4. The van der Waals surface area contributed by atoms with Crippen LogP contribution in [0.2, 0.25) is 0 Å². The van der Waals surface area contributed by atoms with Gasteiger partial charge in [-0.1, -0.05) is 6.07 Å². The third-order valence-electron chi connectivity index (χ3n) is 3.54. The summed E-state index contributed by atoms with van der Waals surface area (Å²) in [6.45, 7) is 1.77. The number of benzene rings is 1. The maximum absolute atomic E-state index is 11.1. The van der Waals surface area contributed by atoms with Crippen molar-refractivity contribution >= 4 is 5.97 Å². The second-order valence-electron chi connectivity index (χ2n) is 4.59. The van der Waals surface area contributed by atoms with Crippen LogP contribution in [0, 0.1) is 5.41 Å². The molecule has 4 heteroatoms. The zero-order valence-electron chi connectivity index (χ0n) is 10.2. The highest BCUT2D eigenvalue weighted by Gasteiger charge is 2.57. The molecule has 0 amide bonds. The summed E-state index contributed by atoms with van der Waals surface area (Å²) in [5.74, 6) is 0.635. The van der Waals surface area contributed by atoms with Crippen LogP contribution in [0.15, 0.2) is 18.2 Å². The van der Waals surface area contributed by atoms with Crippen LogP contribution in [-0.2, 0) is 4.79 Å². The number of ether oxygens (including phenoxy) is 2. The summed E-state index contributed by atoms with van der Waals surface area (Å²) in [4.78, 5) is 11.1. The molecule has 0 saturated heterocycles. The predicted molar refractivity (Wildman–Crippen MR) is 62.6 cm³/mol. The summed E-state index contributed by atoms with van der Waals surface area (Å²) in [5.41, 5.74) is 0.368. The Morgan fingerprint density at radius 1 is 1.35 bits per heavy atom. The number of hydrogen-bond acceptors (Lipinski definition) is 3. The Bertz CT molecular complexity index is 455. The lowest BCUT2D eigenvalue weighted by molar-refractivity contribution is -0.142. The Kier molecular flexibility index (Phi) is 2.73. The molecule has 2 rings (SSSR count). The quantitative estimate of drug-likeness (QED) is 0.871. The molecule has 0 bridgehead atoms. The predicted octanol–water partition coefficient (Wildman–Crippen LogP) is 2.28. The molecule has 0 radical (unpaired) electrons. The third-order valence-corrected chi connectivity index (χ3v) is 3.54. The van der Waals surface area contributed by atoms with Crippen LogP contribution in [0.3, 0.4) is 0 Å². The van der Waals surface area contributed by atoms with Crippen molar-refractivity contribution in [3.05, 3.63) is 23.8 Å². The van der Waals surface area contributed by atoms with Crippen molar-refractivity contribution in [2.45, 2.75) is 19.3 Å². The number of carboxylic acid groups (broad SMARTS) is 1. The van der Waals surface area contributed by atoms with Gasteiger partial charge in [0.25, 0.3) is 0 Å². The van der Waals surface area contributed by atoms with Gasteiger partial charge in [-0.05, 0) is 31.0 Å². The van der Waals surface area contributed by atoms with Gasteiger partial charge in [0.15, 0.2) is 11.5 Å². The van der Waals surface area contributed by atoms with E-state index < -0.39 is 11.4 Å². The highest BCUT2D eigenvalue weighted by molar-refractivity contribution is 5.80.